The molecule has 2 rings (SSSR count). The lowest BCUT2D eigenvalue weighted by Crippen LogP contribution is -2.49. The minimum absolute atomic E-state index is 0.00341. The fraction of sp³-hybridized carbons (Fsp3) is 0.647. The maximum Gasteiger partial charge on any atom is 0.119 e. The summed E-state index contributed by atoms with van der Waals surface area (Å²) in [6.07, 6.45) is 3.95. The SMILES string of the molecule is CCc1ccc(OCC(O)CNCC2(OC)CCC2)cc1. The van der Waals surface area contributed by atoms with E-state index in [1.165, 1.54) is 12.0 Å². The van der Waals surface area contributed by atoms with Crippen molar-refractivity contribution in [3.8, 4) is 5.75 Å². The number of ether oxygens (including phenoxy) is 2. The van der Waals surface area contributed by atoms with Crippen LogP contribution in [0.5, 0.6) is 5.75 Å². The summed E-state index contributed by atoms with van der Waals surface area (Å²) >= 11 is 0. The average molecular weight is 293 g/mol. The molecule has 0 heterocycles. The van der Waals surface area contributed by atoms with E-state index in [1.807, 2.05) is 12.1 Å². The van der Waals surface area contributed by atoms with Crippen LogP contribution in [0.1, 0.15) is 31.7 Å². The van der Waals surface area contributed by atoms with Gasteiger partial charge in [0.1, 0.15) is 18.5 Å². The van der Waals surface area contributed by atoms with Crippen molar-refractivity contribution in [3.63, 3.8) is 0 Å². The van der Waals surface area contributed by atoms with Gasteiger partial charge in [-0.3, -0.25) is 0 Å². The summed E-state index contributed by atoms with van der Waals surface area (Å²) in [5.41, 5.74) is 1.28. The van der Waals surface area contributed by atoms with Gasteiger partial charge in [-0.15, -0.1) is 0 Å². The summed E-state index contributed by atoms with van der Waals surface area (Å²) in [5.74, 6) is 0.804. The first-order valence-corrected chi connectivity index (χ1v) is 7.83. The van der Waals surface area contributed by atoms with Crippen LogP contribution in [0.2, 0.25) is 0 Å². The van der Waals surface area contributed by atoms with Gasteiger partial charge >= 0.3 is 0 Å². The zero-order valence-electron chi connectivity index (χ0n) is 13.1. The molecule has 0 aliphatic heterocycles. The Morgan fingerprint density at radius 2 is 2.00 bits per heavy atom. The van der Waals surface area contributed by atoms with Crippen molar-refractivity contribution in [3.05, 3.63) is 29.8 Å². The molecule has 1 fully saturated rings. The Kier molecular flexibility index (Phi) is 6.03. The predicted octanol–water partition coefficient (Wildman–Crippen LogP) is 2.15. The summed E-state index contributed by atoms with van der Waals surface area (Å²) < 4.78 is 11.1. The molecule has 0 aromatic heterocycles. The molecule has 118 valence electrons. The summed E-state index contributed by atoms with van der Waals surface area (Å²) in [5, 5.41) is 13.2. The van der Waals surface area contributed by atoms with Crippen LogP contribution in [0, 0.1) is 0 Å². The van der Waals surface area contributed by atoms with Gasteiger partial charge in [0.2, 0.25) is 0 Å². The lowest BCUT2D eigenvalue weighted by atomic mass is 9.80. The van der Waals surface area contributed by atoms with Gasteiger partial charge < -0.3 is 19.9 Å². The molecule has 1 saturated carbocycles. The molecule has 1 aromatic rings. The fourth-order valence-electron chi connectivity index (χ4n) is 2.56. The molecule has 1 atom stereocenters. The molecule has 4 heteroatoms. The van der Waals surface area contributed by atoms with E-state index in [9.17, 15) is 5.11 Å². The second-order valence-electron chi connectivity index (χ2n) is 5.83. The number of aliphatic hydroxyl groups is 1. The Morgan fingerprint density at radius 3 is 2.52 bits per heavy atom. The third-order valence-electron chi connectivity index (χ3n) is 4.30. The minimum atomic E-state index is -0.509. The highest BCUT2D eigenvalue weighted by Gasteiger charge is 2.36. The number of hydrogen-bond acceptors (Lipinski definition) is 4. The second kappa shape index (κ2) is 7.78. The highest BCUT2D eigenvalue weighted by Crippen LogP contribution is 2.34. The first kappa shape index (κ1) is 16.3. The lowest BCUT2D eigenvalue weighted by molar-refractivity contribution is -0.0706. The van der Waals surface area contributed by atoms with Crippen LogP contribution in [-0.2, 0) is 11.2 Å². The molecule has 2 N–H and O–H groups in total. The van der Waals surface area contributed by atoms with Crippen LogP contribution in [0.4, 0.5) is 0 Å². The average Bonchev–Trinajstić information content (AvgIpc) is 2.48. The number of aryl methyl sites for hydroxylation is 1. The monoisotopic (exact) mass is 293 g/mol. The van der Waals surface area contributed by atoms with Crippen LogP contribution in [-0.4, -0.2) is 43.6 Å². The van der Waals surface area contributed by atoms with E-state index < -0.39 is 6.10 Å². The fourth-order valence-corrected chi connectivity index (χ4v) is 2.56. The molecule has 1 aliphatic carbocycles. The zero-order valence-corrected chi connectivity index (χ0v) is 13.1. The normalized spacial score (nSPS) is 18.0. The van der Waals surface area contributed by atoms with Crippen LogP contribution >= 0.6 is 0 Å². The highest BCUT2D eigenvalue weighted by molar-refractivity contribution is 5.27. The molecule has 0 saturated heterocycles. The van der Waals surface area contributed by atoms with E-state index in [0.29, 0.717) is 13.2 Å². The number of rotatable bonds is 9. The Morgan fingerprint density at radius 1 is 1.29 bits per heavy atom. The zero-order chi connectivity index (χ0) is 15.1. The van der Waals surface area contributed by atoms with Crippen molar-refractivity contribution < 1.29 is 14.6 Å². The maximum absolute atomic E-state index is 9.94. The molecule has 1 aliphatic rings. The molecule has 1 unspecified atom stereocenters. The lowest BCUT2D eigenvalue weighted by Gasteiger charge is -2.40. The highest BCUT2D eigenvalue weighted by atomic mass is 16.5. The molecule has 0 radical (unpaired) electrons. The Bertz CT molecular complexity index is 409. The summed E-state index contributed by atoms with van der Waals surface area (Å²) in [4.78, 5) is 0. The predicted molar refractivity (Wildman–Crippen MR) is 83.8 cm³/mol. The maximum atomic E-state index is 9.94. The van der Waals surface area contributed by atoms with E-state index >= 15 is 0 Å². The number of methoxy groups -OCH3 is 1. The van der Waals surface area contributed by atoms with Gasteiger partial charge in [-0.05, 0) is 43.4 Å². The first-order valence-electron chi connectivity index (χ1n) is 7.83. The third-order valence-corrected chi connectivity index (χ3v) is 4.30. The summed E-state index contributed by atoms with van der Waals surface area (Å²) in [7, 11) is 1.76. The first-order chi connectivity index (χ1) is 10.2. The van der Waals surface area contributed by atoms with Gasteiger partial charge in [0.25, 0.3) is 0 Å². The van der Waals surface area contributed by atoms with E-state index in [0.717, 1.165) is 31.6 Å². The van der Waals surface area contributed by atoms with Crippen LogP contribution < -0.4 is 10.1 Å². The molecule has 4 nitrogen and oxygen atoms in total. The van der Waals surface area contributed by atoms with Crippen molar-refractivity contribution >= 4 is 0 Å². The van der Waals surface area contributed by atoms with Gasteiger partial charge in [-0.25, -0.2) is 0 Å². The van der Waals surface area contributed by atoms with Crippen LogP contribution in [0.25, 0.3) is 0 Å². The van der Waals surface area contributed by atoms with Crippen molar-refractivity contribution in [2.75, 3.05) is 26.8 Å². The van der Waals surface area contributed by atoms with Crippen molar-refractivity contribution in [2.24, 2.45) is 0 Å². The van der Waals surface area contributed by atoms with E-state index in [1.54, 1.807) is 7.11 Å². The quantitative estimate of drug-likeness (QED) is 0.732. The second-order valence-corrected chi connectivity index (χ2v) is 5.83. The van der Waals surface area contributed by atoms with Crippen molar-refractivity contribution in [1.29, 1.82) is 0 Å². The summed E-state index contributed by atoms with van der Waals surface area (Å²) in [6.45, 7) is 3.75. The van der Waals surface area contributed by atoms with Crippen molar-refractivity contribution in [2.45, 2.75) is 44.3 Å². The number of aliphatic hydroxyl groups excluding tert-OH is 1. The van der Waals surface area contributed by atoms with E-state index in [4.69, 9.17) is 9.47 Å². The van der Waals surface area contributed by atoms with E-state index in [2.05, 4.69) is 24.4 Å². The topological polar surface area (TPSA) is 50.7 Å². The Hall–Kier alpha value is -1.10. The molecular weight excluding hydrogens is 266 g/mol. The molecular formula is C17H27NO3. The molecule has 1 aromatic carbocycles. The largest absolute Gasteiger partial charge is 0.491 e. The Balaban J connectivity index is 1.63. The van der Waals surface area contributed by atoms with Gasteiger partial charge in [-0.1, -0.05) is 19.1 Å². The van der Waals surface area contributed by atoms with Gasteiger partial charge in [-0.2, -0.15) is 0 Å². The minimum Gasteiger partial charge on any atom is -0.491 e. The van der Waals surface area contributed by atoms with Crippen molar-refractivity contribution in [1.82, 2.24) is 5.32 Å². The molecule has 21 heavy (non-hydrogen) atoms. The molecule has 0 spiro atoms. The van der Waals surface area contributed by atoms with Gasteiger partial charge in [0.15, 0.2) is 0 Å². The number of hydrogen-bond donors (Lipinski definition) is 2. The van der Waals surface area contributed by atoms with Crippen LogP contribution in [0.15, 0.2) is 24.3 Å². The Labute approximate surface area is 127 Å². The molecule has 0 bridgehead atoms. The smallest absolute Gasteiger partial charge is 0.119 e. The summed E-state index contributed by atoms with van der Waals surface area (Å²) in [6, 6.07) is 8.01. The van der Waals surface area contributed by atoms with Gasteiger partial charge in [0.05, 0.1) is 5.60 Å². The number of nitrogens with one attached hydrogen (secondary N) is 1. The molecule has 0 amide bonds. The standard InChI is InChI=1S/C17H27NO3/c1-3-14-5-7-16(8-6-14)21-12-15(19)11-18-13-17(20-2)9-4-10-17/h5-8,15,18-19H,3-4,9-13H2,1-2H3. The third kappa shape index (κ3) is 4.70. The van der Waals surface area contributed by atoms with Gasteiger partial charge in [0, 0.05) is 20.2 Å². The van der Waals surface area contributed by atoms with E-state index in [-0.39, 0.29) is 5.60 Å². The number of benzene rings is 1. The van der Waals surface area contributed by atoms with Crippen LogP contribution in [0.3, 0.4) is 0 Å².